The number of halogens is 1. The van der Waals surface area contributed by atoms with Crippen molar-refractivity contribution in [3.63, 3.8) is 0 Å². The zero-order valence-electron chi connectivity index (χ0n) is 15.1. The lowest BCUT2D eigenvalue weighted by atomic mass is 9.93. The van der Waals surface area contributed by atoms with Crippen LogP contribution < -0.4 is 5.73 Å². The van der Waals surface area contributed by atoms with Crippen LogP contribution in [0.1, 0.15) is 36.6 Å². The highest BCUT2D eigenvalue weighted by molar-refractivity contribution is 5.66. The van der Waals surface area contributed by atoms with Crippen molar-refractivity contribution >= 4 is 5.95 Å². The monoisotopic (exact) mass is 363 g/mol. The van der Waals surface area contributed by atoms with Crippen molar-refractivity contribution in [1.82, 2.24) is 19.9 Å². The summed E-state index contributed by atoms with van der Waals surface area (Å²) >= 11 is 0. The Morgan fingerprint density at radius 3 is 2.89 bits per heavy atom. The molecule has 4 rings (SSSR count). The molecule has 0 saturated carbocycles. The Bertz CT molecular complexity index is 915. The minimum atomic E-state index is -0.272. The Morgan fingerprint density at radius 1 is 1.15 bits per heavy atom. The SMILES string of the molecule is Nc1ncc(-c2cccc(F)c2)c([C@@H]2CCCCN2Cc2cccnc2)n1. The van der Waals surface area contributed by atoms with Crippen LogP contribution in [0.15, 0.2) is 55.0 Å². The largest absolute Gasteiger partial charge is 0.368 e. The second kappa shape index (κ2) is 7.80. The van der Waals surface area contributed by atoms with E-state index in [0.717, 1.165) is 49.2 Å². The number of pyridine rings is 1. The summed E-state index contributed by atoms with van der Waals surface area (Å²) in [6.07, 6.45) is 8.65. The van der Waals surface area contributed by atoms with Gasteiger partial charge in [0.25, 0.3) is 0 Å². The topological polar surface area (TPSA) is 67.9 Å². The maximum atomic E-state index is 13.8. The van der Waals surface area contributed by atoms with Gasteiger partial charge in [-0.15, -0.1) is 0 Å². The van der Waals surface area contributed by atoms with E-state index in [1.807, 2.05) is 18.3 Å². The number of nitrogen functional groups attached to an aromatic ring is 1. The molecular weight excluding hydrogens is 341 g/mol. The second-order valence-electron chi connectivity index (χ2n) is 6.88. The number of anilines is 1. The van der Waals surface area contributed by atoms with Gasteiger partial charge in [-0.2, -0.15) is 0 Å². The fourth-order valence-electron chi connectivity index (χ4n) is 3.76. The van der Waals surface area contributed by atoms with Crippen molar-refractivity contribution in [3.8, 4) is 11.1 Å². The number of benzene rings is 1. The molecule has 1 saturated heterocycles. The first-order chi connectivity index (χ1) is 13.2. The molecule has 2 aromatic heterocycles. The van der Waals surface area contributed by atoms with Gasteiger partial charge in [-0.3, -0.25) is 9.88 Å². The van der Waals surface area contributed by atoms with Crippen molar-refractivity contribution in [2.75, 3.05) is 12.3 Å². The van der Waals surface area contributed by atoms with E-state index in [0.29, 0.717) is 0 Å². The van der Waals surface area contributed by atoms with Gasteiger partial charge in [0.2, 0.25) is 5.95 Å². The minimum Gasteiger partial charge on any atom is -0.368 e. The van der Waals surface area contributed by atoms with Crippen LogP contribution in [0.2, 0.25) is 0 Å². The smallest absolute Gasteiger partial charge is 0.220 e. The summed E-state index contributed by atoms with van der Waals surface area (Å²) in [5.41, 5.74) is 9.57. The van der Waals surface area contributed by atoms with Gasteiger partial charge >= 0.3 is 0 Å². The highest BCUT2D eigenvalue weighted by Crippen LogP contribution is 2.36. The van der Waals surface area contributed by atoms with Gasteiger partial charge in [0.15, 0.2) is 0 Å². The van der Waals surface area contributed by atoms with Crippen molar-refractivity contribution < 1.29 is 4.39 Å². The zero-order chi connectivity index (χ0) is 18.6. The second-order valence-corrected chi connectivity index (χ2v) is 6.88. The van der Waals surface area contributed by atoms with Crippen molar-refractivity contribution in [2.24, 2.45) is 0 Å². The van der Waals surface area contributed by atoms with Crippen LogP contribution in [-0.2, 0) is 6.54 Å². The molecule has 1 atom stereocenters. The number of nitrogens with two attached hydrogens (primary N) is 1. The summed E-state index contributed by atoms with van der Waals surface area (Å²) in [5, 5.41) is 0. The molecular formula is C21H22FN5. The lowest BCUT2D eigenvalue weighted by Gasteiger charge is -2.36. The van der Waals surface area contributed by atoms with E-state index in [2.05, 4.69) is 25.9 Å². The van der Waals surface area contributed by atoms with Gasteiger partial charge < -0.3 is 5.73 Å². The molecule has 0 amide bonds. The molecule has 0 radical (unpaired) electrons. The molecule has 5 nitrogen and oxygen atoms in total. The highest BCUT2D eigenvalue weighted by atomic mass is 19.1. The van der Waals surface area contributed by atoms with E-state index in [1.165, 1.54) is 17.7 Å². The van der Waals surface area contributed by atoms with E-state index in [4.69, 9.17) is 5.73 Å². The average molecular weight is 363 g/mol. The zero-order valence-corrected chi connectivity index (χ0v) is 15.1. The molecule has 1 aliphatic heterocycles. The van der Waals surface area contributed by atoms with E-state index in [-0.39, 0.29) is 17.8 Å². The first kappa shape index (κ1) is 17.5. The Hall–Kier alpha value is -2.86. The molecule has 138 valence electrons. The summed E-state index contributed by atoms with van der Waals surface area (Å²) in [6, 6.07) is 10.7. The number of rotatable bonds is 4. The number of likely N-dealkylation sites (tertiary alicyclic amines) is 1. The molecule has 1 fully saturated rings. The number of hydrogen-bond acceptors (Lipinski definition) is 5. The molecule has 27 heavy (non-hydrogen) atoms. The Labute approximate surface area is 158 Å². The lowest BCUT2D eigenvalue weighted by molar-refractivity contribution is 0.137. The third-order valence-corrected chi connectivity index (χ3v) is 5.01. The van der Waals surface area contributed by atoms with Gasteiger partial charge in [-0.1, -0.05) is 24.6 Å². The van der Waals surface area contributed by atoms with E-state index >= 15 is 0 Å². The lowest BCUT2D eigenvalue weighted by Crippen LogP contribution is -2.34. The Balaban J connectivity index is 1.72. The van der Waals surface area contributed by atoms with Crippen LogP contribution >= 0.6 is 0 Å². The maximum Gasteiger partial charge on any atom is 0.220 e. The van der Waals surface area contributed by atoms with Gasteiger partial charge in [0.05, 0.1) is 11.7 Å². The highest BCUT2D eigenvalue weighted by Gasteiger charge is 2.28. The van der Waals surface area contributed by atoms with Gasteiger partial charge in [-0.25, -0.2) is 14.4 Å². The van der Waals surface area contributed by atoms with Crippen molar-refractivity contribution in [2.45, 2.75) is 31.8 Å². The van der Waals surface area contributed by atoms with Crippen LogP contribution in [0.5, 0.6) is 0 Å². The molecule has 0 unspecified atom stereocenters. The van der Waals surface area contributed by atoms with E-state index < -0.39 is 0 Å². The third-order valence-electron chi connectivity index (χ3n) is 5.01. The number of piperidine rings is 1. The van der Waals surface area contributed by atoms with E-state index in [9.17, 15) is 4.39 Å². The summed E-state index contributed by atoms with van der Waals surface area (Å²) in [7, 11) is 0. The molecule has 2 N–H and O–H groups in total. The molecule has 3 heterocycles. The van der Waals surface area contributed by atoms with Crippen LogP contribution in [0, 0.1) is 5.82 Å². The van der Waals surface area contributed by atoms with Crippen LogP contribution in [0.25, 0.3) is 11.1 Å². The summed E-state index contributed by atoms with van der Waals surface area (Å²) < 4.78 is 13.8. The van der Waals surface area contributed by atoms with Gasteiger partial charge in [0, 0.05) is 30.7 Å². The third kappa shape index (κ3) is 3.95. The summed E-state index contributed by atoms with van der Waals surface area (Å²) in [5.74, 6) is -0.0248. The standard InChI is InChI=1S/C21H22FN5/c22-17-7-3-6-16(11-17)18-13-25-21(23)26-20(18)19-8-1-2-10-27(19)14-15-5-4-9-24-12-15/h3-7,9,11-13,19H,1-2,8,10,14H2,(H2,23,25,26)/t19-/m0/s1. The predicted molar refractivity (Wildman–Crippen MR) is 103 cm³/mol. The Morgan fingerprint density at radius 2 is 2.07 bits per heavy atom. The first-order valence-corrected chi connectivity index (χ1v) is 9.22. The fourth-order valence-corrected chi connectivity index (χ4v) is 3.76. The molecule has 0 spiro atoms. The average Bonchev–Trinajstić information content (AvgIpc) is 2.69. The summed E-state index contributed by atoms with van der Waals surface area (Å²) in [4.78, 5) is 15.4. The maximum absolute atomic E-state index is 13.8. The van der Waals surface area contributed by atoms with Crippen molar-refractivity contribution in [1.29, 1.82) is 0 Å². The molecule has 1 aromatic carbocycles. The van der Waals surface area contributed by atoms with Crippen LogP contribution in [0.4, 0.5) is 10.3 Å². The molecule has 0 bridgehead atoms. The molecule has 6 heteroatoms. The number of nitrogens with zero attached hydrogens (tertiary/aromatic N) is 4. The number of aromatic nitrogens is 3. The quantitative estimate of drug-likeness (QED) is 0.759. The minimum absolute atomic E-state index is 0.113. The molecule has 1 aliphatic rings. The molecule has 0 aliphatic carbocycles. The van der Waals surface area contributed by atoms with Gasteiger partial charge in [0.1, 0.15) is 5.82 Å². The van der Waals surface area contributed by atoms with Crippen molar-refractivity contribution in [3.05, 3.63) is 72.1 Å². The first-order valence-electron chi connectivity index (χ1n) is 9.22. The van der Waals surface area contributed by atoms with Gasteiger partial charge in [-0.05, 0) is 48.7 Å². The normalized spacial score (nSPS) is 17.7. The van der Waals surface area contributed by atoms with Crippen LogP contribution in [0.3, 0.4) is 0 Å². The fraction of sp³-hybridized carbons (Fsp3) is 0.286. The Kier molecular flexibility index (Phi) is 5.07. The molecule has 3 aromatic rings. The summed E-state index contributed by atoms with van der Waals surface area (Å²) in [6.45, 7) is 1.77. The predicted octanol–water partition coefficient (Wildman–Crippen LogP) is 3.99. The van der Waals surface area contributed by atoms with E-state index in [1.54, 1.807) is 18.5 Å². The number of hydrogen-bond donors (Lipinski definition) is 1. The van der Waals surface area contributed by atoms with Crippen LogP contribution in [-0.4, -0.2) is 26.4 Å².